The summed E-state index contributed by atoms with van der Waals surface area (Å²) in [7, 11) is 0. The van der Waals surface area contributed by atoms with Crippen LogP contribution in [0.1, 0.15) is 39.3 Å². The van der Waals surface area contributed by atoms with Crippen molar-refractivity contribution in [2.24, 2.45) is 0 Å². The molecule has 0 aliphatic carbocycles. The van der Waals surface area contributed by atoms with Crippen molar-refractivity contribution < 1.29 is 14.6 Å². The molecule has 0 spiro atoms. The standard InChI is InChI=1S/C19H31N3O3/c1-14-10-22(11-15(2)25-14)19(3,4)13-20-18(24)21-17(12-23)16-8-6-5-7-9-16/h5-9,14-15,17,23H,10-13H2,1-4H3,(H2,20,21,24). The fraction of sp³-hybridized carbons (Fsp3) is 0.632. The van der Waals surface area contributed by atoms with E-state index in [1.54, 1.807) is 0 Å². The number of carbonyl (C=O) groups excluding carboxylic acids is 1. The number of carbonyl (C=O) groups is 1. The maximum absolute atomic E-state index is 12.3. The second-order valence-corrected chi connectivity index (χ2v) is 7.45. The minimum Gasteiger partial charge on any atom is -0.394 e. The number of rotatable bonds is 6. The highest BCUT2D eigenvalue weighted by molar-refractivity contribution is 5.74. The predicted molar refractivity (Wildman–Crippen MR) is 98.5 cm³/mol. The third kappa shape index (κ3) is 5.70. The SMILES string of the molecule is CC1CN(C(C)(C)CNC(=O)NC(CO)c2ccccc2)CC(C)O1. The highest BCUT2D eigenvalue weighted by Gasteiger charge is 2.33. The normalized spacial score (nSPS) is 23.1. The van der Waals surface area contributed by atoms with Gasteiger partial charge < -0.3 is 20.5 Å². The summed E-state index contributed by atoms with van der Waals surface area (Å²) in [5.41, 5.74) is 0.709. The van der Waals surface area contributed by atoms with Crippen LogP contribution in [0.25, 0.3) is 0 Å². The average Bonchev–Trinajstić information content (AvgIpc) is 2.58. The molecule has 6 nitrogen and oxygen atoms in total. The van der Waals surface area contributed by atoms with Gasteiger partial charge in [-0.05, 0) is 33.3 Å². The van der Waals surface area contributed by atoms with Gasteiger partial charge in [-0.1, -0.05) is 30.3 Å². The molecule has 1 aromatic rings. The quantitative estimate of drug-likeness (QED) is 0.733. The Labute approximate surface area is 150 Å². The van der Waals surface area contributed by atoms with Gasteiger partial charge >= 0.3 is 6.03 Å². The van der Waals surface area contributed by atoms with Gasteiger partial charge in [0.25, 0.3) is 0 Å². The Kier molecular flexibility index (Phi) is 6.81. The summed E-state index contributed by atoms with van der Waals surface area (Å²) >= 11 is 0. The second-order valence-electron chi connectivity index (χ2n) is 7.45. The lowest BCUT2D eigenvalue weighted by atomic mass is 10.00. The van der Waals surface area contributed by atoms with Crippen LogP contribution in [0.4, 0.5) is 4.79 Å². The first-order valence-corrected chi connectivity index (χ1v) is 8.92. The number of benzene rings is 1. The van der Waals surface area contributed by atoms with E-state index < -0.39 is 6.04 Å². The number of aliphatic hydroxyl groups is 1. The van der Waals surface area contributed by atoms with E-state index >= 15 is 0 Å². The van der Waals surface area contributed by atoms with Crippen molar-refractivity contribution in [2.75, 3.05) is 26.2 Å². The van der Waals surface area contributed by atoms with E-state index in [4.69, 9.17) is 4.74 Å². The molecular weight excluding hydrogens is 318 g/mol. The summed E-state index contributed by atoms with van der Waals surface area (Å²) in [5, 5.41) is 15.3. The van der Waals surface area contributed by atoms with Crippen LogP contribution in [-0.4, -0.2) is 60.0 Å². The zero-order valence-corrected chi connectivity index (χ0v) is 15.7. The third-order valence-electron chi connectivity index (χ3n) is 4.65. The van der Waals surface area contributed by atoms with Crippen LogP contribution in [0.5, 0.6) is 0 Å². The minimum atomic E-state index is -0.409. The highest BCUT2D eigenvalue weighted by Crippen LogP contribution is 2.20. The number of morpholine rings is 1. The van der Waals surface area contributed by atoms with Gasteiger partial charge in [0, 0.05) is 25.2 Å². The Morgan fingerprint density at radius 2 is 1.88 bits per heavy atom. The van der Waals surface area contributed by atoms with Gasteiger partial charge in [-0.3, -0.25) is 4.90 Å². The van der Waals surface area contributed by atoms with Crippen molar-refractivity contribution in [3.8, 4) is 0 Å². The van der Waals surface area contributed by atoms with Crippen LogP contribution in [0.2, 0.25) is 0 Å². The van der Waals surface area contributed by atoms with Crippen LogP contribution in [0, 0.1) is 0 Å². The van der Waals surface area contributed by atoms with Gasteiger partial charge in [0.1, 0.15) is 0 Å². The number of nitrogens with zero attached hydrogens (tertiary/aromatic N) is 1. The van der Waals surface area contributed by atoms with Crippen molar-refractivity contribution in [1.29, 1.82) is 0 Å². The maximum Gasteiger partial charge on any atom is 0.315 e. The van der Waals surface area contributed by atoms with Gasteiger partial charge in [-0.15, -0.1) is 0 Å². The first-order valence-electron chi connectivity index (χ1n) is 8.92. The molecule has 1 fully saturated rings. The van der Waals surface area contributed by atoms with E-state index in [9.17, 15) is 9.90 Å². The lowest BCUT2D eigenvalue weighted by molar-refractivity contribution is -0.0947. The average molecular weight is 349 g/mol. The molecule has 1 aliphatic heterocycles. The Morgan fingerprint density at radius 3 is 2.44 bits per heavy atom. The number of hydrogen-bond donors (Lipinski definition) is 3. The van der Waals surface area contributed by atoms with Crippen LogP contribution in [0.15, 0.2) is 30.3 Å². The zero-order chi connectivity index (χ0) is 18.4. The van der Waals surface area contributed by atoms with E-state index in [-0.39, 0.29) is 30.4 Å². The van der Waals surface area contributed by atoms with Crippen LogP contribution in [-0.2, 0) is 4.74 Å². The molecule has 1 aliphatic rings. The van der Waals surface area contributed by atoms with Crippen molar-refractivity contribution >= 4 is 6.03 Å². The lowest BCUT2D eigenvalue weighted by Gasteiger charge is -2.45. The first kappa shape index (κ1) is 19.7. The molecule has 3 unspecified atom stereocenters. The summed E-state index contributed by atoms with van der Waals surface area (Å²) < 4.78 is 5.78. The largest absolute Gasteiger partial charge is 0.394 e. The van der Waals surface area contributed by atoms with E-state index in [0.29, 0.717) is 6.54 Å². The number of aliphatic hydroxyl groups excluding tert-OH is 1. The number of amides is 2. The highest BCUT2D eigenvalue weighted by atomic mass is 16.5. The monoisotopic (exact) mass is 349 g/mol. The molecule has 0 bridgehead atoms. The fourth-order valence-corrected chi connectivity index (χ4v) is 3.21. The van der Waals surface area contributed by atoms with Crippen LogP contribution < -0.4 is 10.6 Å². The molecule has 140 valence electrons. The lowest BCUT2D eigenvalue weighted by Crippen LogP contribution is -2.59. The van der Waals surface area contributed by atoms with Gasteiger partial charge in [-0.2, -0.15) is 0 Å². The molecule has 2 rings (SSSR count). The Bertz CT molecular complexity index is 540. The van der Waals surface area contributed by atoms with Crippen molar-refractivity contribution in [2.45, 2.75) is 51.5 Å². The van der Waals surface area contributed by atoms with Crippen LogP contribution >= 0.6 is 0 Å². The molecule has 1 saturated heterocycles. The van der Waals surface area contributed by atoms with E-state index in [1.165, 1.54) is 0 Å². The van der Waals surface area contributed by atoms with Crippen molar-refractivity contribution in [3.63, 3.8) is 0 Å². The Hall–Kier alpha value is -1.63. The molecule has 3 N–H and O–H groups in total. The van der Waals surface area contributed by atoms with E-state index in [0.717, 1.165) is 18.7 Å². The molecular formula is C19H31N3O3. The van der Waals surface area contributed by atoms with Crippen LogP contribution in [0.3, 0.4) is 0 Å². The summed E-state index contributed by atoms with van der Waals surface area (Å²) in [4.78, 5) is 14.6. The summed E-state index contributed by atoms with van der Waals surface area (Å²) in [6.45, 7) is 10.5. The van der Waals surface area contributed by atoms with Gasteiger partial charge in [-0.25, -0.2) is 4.79 Å². The molecule has 6 heteroatoms. The minimum absolute atomic E-state index is 0.140. The Morgan fingerprint density at radius 1 is 1.28 bits per heavy atom. The molecule has 25 heavy (non-hydrogen) atoms. The zero-order valence-electron chi connectivity index (χ0n) is 15.7. The van der Waals surface area contributed by atoms with E-state index in [2.05, 4.69) is 43.2 Å². The summed E-state index contributed by atoms with van der Waals surface area (Å²) in [6.07, 6.45) is 0.377. The summed E-state index contributed by atoms with van der Waals surface area (Å²) in [5.74, 6) is 0. The molecule has 3 atom stereocenters. The number of hydrogen-bond acceptors (Lipinski definition) is 4. The number of nitrogens with one attached hydrogen (secondary N) is 2. The number of urea groups is 1. The van der Waals surface area contributed by atoms with Crippen molar-refractivity contribution in [1.82, 2.24) is 15.5 Å². The second kappa shape index (κ2) is 8.65. The molecule has 0 saturated carbocycles. The maximum atomic E-state index is 12.3. The molecule has 1 heterocycles. The molecule has 1 aromatic carbocycles. The first-order chi connectivity index (χ1) is 11.8. The van der Waals surface area contributed by atoms with E-state index in [1.807, 2.05) is 30.3 Å². The Balaban J connectivity index is 1.87. The van der Waals surface area contributed by atoms with Crippen molar-refractivity contribution in [3.05, 3.63) is 35.9 Å². The van der Waals surface area contributed by atoms with Gasteiger partial charge in [0.2, 0.25) is 0 Å². The van der Waals surface area contributed by atoms with Gasteiger partial charge in [0.15, 0.2) is 0 Å². The molecule has 2 amide bonds. The third-order valence-corrected chi connectivity index (χ3v) is 4.65. The molecule has 0 aromatic heterocycles. The molecule has 0 radical (unpaired) electrons. The fourth-order valence-electron chi connectivity index (χ4n) is 3.21. The predicted octanol–water partition coefficient (Wildman–Crippen LogP) is 1.91. The topological polar surface area (TPSA) is 73.8 Å². The van der Waals surface area contributed by atoms with Gasteiger partial charge in [0.05, 0.1) is 24.9 Å². The summed E-state index contributed by atoms with van der Waals surface area (Å²) in [6, 6.07) is 8.79. The smallest absolute Gasteiger partial charge is 0.315 e. The number of ether oxygens (including phenoxy) is 1.